The van der Waals surface area contributed by atoms with E-state index in [9.17, 15) is 43.9 Å². The highest BCUT2D eigenvalue weighted by Crippen LogP contribution is 2.45. The zero-order chi connectivity index (χ0) is 36.2. The average Bonchev–Trinajstić information content (AvgIpc) is 2.98. The van der Waals surface area contributed by atoms with Crippen molar-refractivity contribution in [2.24, 2.45) is 11.8 Å². The molecule has 2 aliphatic rings. The van der Waals surface area contributed by atoms with E-state index in [1.165, 1.54) is 6.07 Å². The molecule has 0 saturated heterocycles. The van der Waals surface area contributed by atoms with E-state index >= 15 is 8.78 Å². The zero-order valence-electron chi connectivity index (χ0n) is 26.1. The summed E-state index contributed by atoms with van der Waals surface area (Å²) in [4.78, 5) is 0. The second-order valence-corrected chi connectivity index (χ2v) is 12.0. The normalized spacial score (nSPS) is 22.6. The third kappa shape index (κ3) is 10.5. The van der Waals surface area contributed by atoms with Gasteiger partial charge in [-0.05, 0) is 69.9 Å². The smallest absolute Gasteiger partial charge is 0.493 e. The lowest BCUT2D eigenvalue weighted by atomic mass is 9.85. The minimum absolute atomic E-state index is 0.0734. The van der Waals surface area contributed by atoms with Crippen molar-refractivity contribution in [2.45, 2.75) is 108 Å². The quantitative estimate of drug-likeness (QED) is 0.143. The largest absolute Gasteiger partial charge is 0.573 e. The van der Waals surface area contributed by atoms with Crippen LogP contribution >= 0.6 is 0 Å². The average molecular weight is 727 g/mol. The molecule has 0 atom stereocenters. The third-order valence-corrected chi connectivity index (χ3v) is 8.40. The van der Waals surface area contributed by atoms with Gasteiger partial charge in [-0.3, -0.25) is 0 Å². The molecule has 0 spiro atoms. The molecule has 0 bridgehead atoms. The van der Waals surface area contributed by atoms with Crippen LogP contribution in [0.5, 0.6) is 17.2 Å². The summed E-state index contributed by atoms with van der Waals surface area (Å²) in [7, 11) is 0. The summed E-state index contributed by atoms with van der Waals surface area (Å²) >= 11 is 0. The molecule has 2 fully saturated rings. The highest BCUT2D eigenvalue weighted by molar-refractivity contribution is 5.35. The topological polar surface area (TPSA) is 46.2 Å². The van der Waals surface area contributed by atoms with E-state index in [0.29, 0.717) is 6.42 Å². The molecule has 0 unspecified atom stereocenters. The van der Waals surface area contributed by atoms with Crippen LogP contribution < -0.4 is 14.2 Å². The minimum atomic E-state index is -5.45. The predicted molar refractivity (Wildman–Crippen MR) is 148 cm³/mol. The van der Waals surface area contributed by atoms with E-state index in [-0.39, 0.29) is 63.0 Å². The SMILES string of the molecule is CCCCOc1ccc(C(F)(F)OC2CCC(C(F)(F)OC3CCC(C(F)(F)Oc4cc(F)c(OC(F)(F)F)c(F)c4)CC3)CC2)c(F)c1. The summed E-state index contributed by atoms with van der Waals surface area (Å²) < 4.78 is 191. The number of unbranched alkanes of at least 4 members (excludes halogenated alkanes) is 1. The van der Waals surface area contributed by atoms with Gasteiger partial charge in [-0.2, -0.15) is 26.3 Å². The number of halogens is 12. The Bertz CT molecular complexity index is 1360. The molecule has 2 aromatic rings. The molecular formula is C32H34F12O5. The first-order valence-electron chi connectivity index (χ1n) is 15.6. The van der Waals surface area contributed by atoms with Gasteiger partial charge in [-0.1, -0.05) is 13.3 Å². The number of hydrogen-bond acceptors (Lipinski definition) is 5. The second-order valence-electron chi connectivity index (χ2n) is 12.0. The summed E-state index contributed by atoms with van der Waals surface area (Å²) in [6.45, 7) is 2.20. The molecule has 0 amide bonds. The fraction of sp³-hybridized carbons (Fsp3) is 0.625. The van der Waals surface area contributed by atoms with E-state index < -0.39 is 96.1 Å². The van der Waals surface area contributed by atoms with Gasteiger partial charge in [0.2, 0.25) is 5.75 Å². The molecule has 276 valence electrons. The van der Waals surface area contributed by atoms with Gasteiger partial charge in [0, 0.05) is 18.2 Å². The maximum atomic E-state index is 15.1. The molecule has 4 rings (SSSR count). The van der Waals surface area contributed by atoms with E-state index in [0.717, 1.165) is 18.6 Å². The second kappa shape index (κ2) is 15.4. The predicted octanol–water partition coefficient (Wildman–Crippen LogP) is 10.6. The summed E-state index contributed by atoms with van der Waals surface area (Å²) in [6.07, 6.45) is -20.5. The molecule has 0 radical (unpaired) electrons. The van der Waals surface area contributed by atoms with Crippen molar-refractivity contribution in [3.05, 3.63) is 53.3 Å². The Balaban J connectivity index is 1.25. The summed E-state index contributed by atoms with van der Waals surface area (Å²) in [5, 5.41) is 0. The van der Waals surface area contributed by atoms with Crippen molar-refractivity contribution in [3.8, 4) is 17.2 Å². The van der Waals surface area contributed by atoms with Crippen LogP contribution in [0.25, 0.3) is 0 Å². The number of benzene rings is 2. The van der Waals surface area contributed by atoms with Crippen LogP contribution in [0.15, 0.2) is 30.3 Å². The summed E-state index contributed by atoms with van der Waals surface area (Å²) in [5.41, 5.74) is -1.02. The van der Waals surface area contributed by atoms with Crippen LogP contribution in [-0.4, -0.2) is 37.4 Å². The van der Waals surface area contributed by atoms with Gasteiger partial charge in [0.15, 0.2) is 11.6 Å². The number of hydrogen-bond donors (Lipinski definition) is 0. The van der Waals surface area contributed by atoms with Crippen molar-refractivity contribution in [1.29, 1.82) is 0 Å². The zero-order valence-corrected chi connectivity index (χ0v) is 26.1. The molecule has 0 N–H and O–H groups in total. The minimum Gasteiger partial charge on any atom is -0.493 e. The van der Waals surface area contributed by atoms with Gasteiger partial charge < -0.3 is 23.7 Å². The fourth-order valence-corrected chi connectivity index (χ4v) is 5.83. The molecule has 2 aliphatic carbocycles. The number of alkyl halides is 9. The van der Waals surface area contributed by atoms with Crippen molar-refractivity contribution in [3.63, 3.8) is 0 Å². The van der Waals surface area contributed by atoms with Crippen molar-refractivity contribution < 1.29 is 76.4 Å². The molecule has 49 heavy (non-hydrogen) atoms. The van der Waals surface area contributed by atoms with E-state index in [4.69, 9.17) is 14.2 Å². The van der Waals surface area contributed by atoms with E-state index in [2.05, 4.69) is 9.47 Å². The highest BCUT2D eigenvalue weighted by atomic mass is 19.4. The Labute approximate surface area is 273 Å². The first-order valence-corrected chi connectivity index (χ1v) is 15.6. The summed E-state index contributed by atoms with van der Waals surface area (Å²) in [6, 6.07) is 3.03. The molecular weight excluding hydrogens is 692 g/mol. The third-order valence-electron chi connectivity index (χ3n) is 8.40. The molecule has 0 heterocycles. The lowest BCUT2D eigenvalue weighted by molar-refractivity contribution is -0.314. The lowest BCUT2D eigenvalue weighted by Gasteiger charge is -2.38. The van der Waals surface area contributed by atoms with E-state index in [1.807, 2.05) is 6.92 Å². The first kappa shape index (κ1) is 38.7. The van der Waals surface area contributed by atoms with Gasteiger partial charge in [-0.15, -0.1) is 13.2 Å². The van der Waals surface area contributed by atoms with Gasteiger partial charge in [0.25, 0.3) is 0 Å². The molecule has 5 nitrogen and oxygen atoms in total. The van der Waals surface area contributed by atoms with E-state index in [1.54, 1.807) is 0 Å². The Kier molecular flexibility index (Phi) is 12.2. The van der Waals surface area contributed by atoms with Crippen molar-refractivity contribution in [1.82, 2.24) is 0 Å². The maximum absolute atomic E-state index is 15.1. The molecule has 0 aromatic heterocycles. The van der Waals surface area contributed by atoms with Crippen LogP contribution in [0.2, 0.25) is 0 Å². The first-order chi connectivity index (χ1) is 22.8. The molecule has 17 heteroatoms. The van der Waals surface area contributed by atoms with Gasteiger partial charge in [0.1, 0.15) is 17.3 Å². The van der Waals surface area contributed by atoms with Crippen LogP contribution in [0.3, 0.4) is 0 Å². The van der Waals surface area contributed by atoms with Gasteiger partial charge >= 0.3 is 24.7 Å². The standard InChI is InChI=1S/C32H34F12O5/c1-2-3-14-45-22-12-13-24(25(33)15-22)31(40,41)47-21-10-6-18(7-11-21)29(36,37)46-20-8-4-19(5-9-20)30(38,39)48-23-16-26(34)28(27(35)17-23)49-32(42,43)44/h12-13,15-21H,2-11,14H2,1H3. The Morgan fingerprint density at radius 3 is 1.63 bits per heavy atom. The Morgan fingerprint density at radius 2 is 1.12 bits per heavy atom. The number of rotatable bonds is 14. The molecule has 0 aliphatic heterocycles. The molecule has 2 saturated carbocycles. The van der Waals surface area contributed by atoms with Crippen LogP contribution in [-0.2, 0) is 15.6 Å². The van der Waals surface area contributed by atoms with Crippen LogP contribution in [0.4, 0.5) is 52.7 Å². The van der Waals surface area contributed by atoms with Gasteiger partial charge in [0.05, 0.1) is 36.2 Å². The fourth-order valence-electron chi connectivity index (χ4n) is 5.83. The Morgan fingerprint density at radius 1 is 0.612 bits per heavy atom. The van der Waals surface area contributed by atoms with Crippen molar-refractivity contribution in [2.75, 3.05) is 6.61 Å². The maximum Gasteiger partial charge on any atom is 0.573 e. The van der Waals surface area contributed by atoms with Crippen LogP contribution in [0.1, 0.15) is 76.7 Å². The lowest BCUT2D eigenvalue weighted by Crippen LogP contribution is -2.43. The van der Waals surface area contributed by atoms with Crippen LogP contribution in [0, 0.1) is 29.3 Å². The van der Waals surface area contributed by atoms with Gasteiger partial charge in [-0.25, -0.2) is 13.2 Å². The monoisotopic (exact) mass is 726 g/mol. The Hall–Kier alpha value is -3.08. The highest BCUT2D eigenvalue weighted by Gasteiger charge is 2.49. The summed E-state index contributed by atoms with van der Waals surface area (Å²) in [5.74, 6) is -11.0. The molecule has 2 aromatic carbocycles. The number of ether oxygens (including phenoxy) is 5. The van der Waals surface area contributed by atoms with Crippen molar-refractivity contribution >= 4 is 0 Å².